The molecule has 0 atom stereocenters. The Balaban J connectivity index is 1.51. The van der Waals surface area contributed by atoms with Gasteiger partial charge in [0.15, 0.2) is 15.5 Å². The molecule has 3 heterocycles. The first kappa shape index (κ1) is 20.1. The topological polar surface area (TPSA) is 117 Å². The standard InChI is InChI=1S/C19H21N5O5S/c1-12(2)28-19(25)23-9-14(10-23)29-18-16-8-22-24(17(16)20-11-21-18)13-4-6-15(7-5-13)30(3,26)27/h4-8,11-12,14H,9-10H2,1-3H3. The van der Waals surface area contributed by atoms with Crippen molar-refractivity contribution in [3.05, 3.63) is 36.8 Å². The number of sulfone groups is 1. The Morgan fingerprint density at radius 2 is 1.87 bits per heavy atom. The van der Waals surface area contributed by atoms with E-state index in [-0.39, 0.29) is 23.2 Å². The Hall–Kier alpha value is -3.21. The van der Waals surface area contributed by atoms with E-state index >= 15 is 0 Å². The van der Waals surface area contributed by atoms with Gasteiger partial charge in [0.1, 0.15) is 17.8 Å². The second-order valence-electron chi connectivity index (χ2n) is 7.32. The van der Waals surface area contributed by atoms with Gasteiger partial charge in [-0.15, -0.1) is 0 Å². The molecule has 1 fully saturated rings. The lowest BCUT2D eigenvalue weighted by Crippen LogP contribution is -2.56. The highest BCUT2D eigenvalue weighted by atomic mass is 32.2. The van der Waals surface area contributed by atoms with Crippen molar-refractivity contribution >= 4 is 27.0 Å². The molecule has 11 heteroatoms. The molecule has 0 bridgehead atoms. The summed E-state index contributed by atoms with van der Waals surface area (Å²) in [7, 11) is -3.28. The van der Waals surface area contributed by atoms with E-state index in [0.29, 0.717) is 35.7 Å². The van der Waals surface area contributed by atoms with Crippen molar-refractivity contribution < 1.29 is 22.7 Å². The molecule has 1 amide bonds. The molecular weight excluding hydrogens is 410 g/mol. The Morgan fingerprint density at radius 1 is 1.17 bits per heavy atom. The van der Waals surface area contributed by atoms with Crippen molar-refractivity contribution in [1.82, 2.24) is 24.6 Å². The third-order valence-corrected chi connectivity index (χ3v) is 5.69. The molecule has 0 aliphatic carbocycles. The summed E-state index contributed by atoms with van der Waals surface area (Å²) in [5, 5.41) is 4.96. The first-order valence-electron chi connectivity index (χ1n) is 9.34. The minimum atomic E-state index is -3.28. The van der Waals surface area contributed by atoms with Gasteiger partial charge >= 0.3 is 6.09 Å². The molecule has 1 aliphatic heterocycles. The fourth-order valence-corrected chi connectivity index (χ4v) is 3.67. The van der Waals surface area contributed by atoms with Crippen LogP contribution in [0, 0.1) is 0 Å². The van der Waals surface area contributed by atoms with Gasteiger partial charge < -0.3 is 14.4 Å². The molecule has 158 valence electrons. The first-order chi connectivity index (χ1) is 14.2. The number of hydrogen-bond donors (Lipinski definition) is 0. The Kier molecular flexibility index (Phi) is 5.06. The van der Waals surface area contributed by atoms with Crippen LogP contribution in [-0.4, -0.2) is 70.7 Å². The molecule has 0 unspecified atom stereocenters. The zero-order valence-corrected chi connectivity index (χ0v) is 17.5. The maximum atomic E-state index is 11.9. The lowest BCUT2D eigenvalue weighted by molar-refractivity contribution is 0.000543. The van der Waals surface area contributed by atoms with Gasteiger partial charge in [-0.25, -0.2) is 27.9 Å². The van der Waals surface area contributed by atoms with Gasteiger partial charge in [-0.2, -0.15) is 5.10 Å². The van der Waals surface area contributed by atoms with Crippen molar-refractivity contribution in [2.75, 3.05) is 19.3 Å². The van der Waals surface area contributed by atoms with Crippen LogP contribution in [0.2, 0.25) is 0 Å². The van der Waals surface area contributed by atoms with E-state index in [1.54, 1.807) is 41.8 Å². The van der Waals surface area contributed by atoms with E-state index in [1.165, 1.54) is 18.5 Å². The summed E-state index contributed by atoms with van der Waals surface area (Å²) in [5.41, 5.74) is 1.19. The van der Waals surface area contributed by atoms with Crippen LogP contribution in [0.3, 0.4) is 0 Å². The summed E-state index contributed by atoms with van der Waals surface area (Å²) in [6, 6.07) is 6.37. The number of aromatic nitrogens is 4. The van der Waals surface area contributed by atoms with E-state index in [4.69, 9.17) is 9.47 Å². The van der Waals surface area contributed by atoms with E-state index in [0.717, 1.165) is 6.26 Å². The highest BCUT2D eigenvalue weighted by molar-refractivity contribution is 7.90. The van der Waals surface area contributed by atoms with Gasteiger partial charge in [-0.05, 0) is 38.1 Å². The molecule has 0 spiro atoms. The Labute approximate surface area is 173 Å². The highest BCUT2D eigenvalue weighted by Crippen LogP contribution is 2.26. The summed E-state index contributed by atoms with van der Waals surface area (Å²) in [4.78, 5) is 22.1. The second kappa shape index (κ2) is 7.56. The van der Waals surface area contributed by atoms with Crippen molar-refractivity contribution in [2.24, 2.45) is 0 Å². The van der Waals surface area contributed by atoms with Crippen molar-refractivity contribution in [1.29, 1.82) is 0 Å². The number of nitrogens with zero attached hydrogens (tertiary/aromatic N) is 5. The quantitative estimate of drug-likeness (QED) is 0.601. The van der Waals surface area contributed by atoms with E-state index in [1.807, 2.05) is 0 Å². The molecule has 10 nitrogen and oxygen atoms in total. The van der Waals surface area contributed by atoms with Crippen LogP contribution in [-0.2, 0) is 14.6 Å². The molecule has 0 radical (unpaired) electrons. The Morgan fingerprint density at radius 3 is 2.50 bits per heavy atom. The summed E-state index contributed by atoms with van der Waals surface area (Å²) in [6.45, 7) is 4.43. The van der Waals surface area contributed by atoms with Crippen molar-refractivity contribution in [3.8, 4) is 11.6 Å². The van der Waals surface area contributed by atoms with Crippen LogP contribution in [0.5, 0.6) is 5.88 Å². The summed E-state index contributed by atoms with van der Waals surface area (Å²) in [6.07, 6.45) is 3.41. The predicted octanol–water partition coefficient (Wildman–Crippen LogP) is 1.83. The molecular formula is C19H21N5O5S. The lowest BCUT2D eigenvalue weighted by atomic mass is 10.2. The second-order valence-corrected chi connectivity index (χ2v) is 9.33. The summed E-state index contributed by atoms with van der Waals surface area (Å²) < 4.78 is 36.0. The van der Waals surface area contributed by atoms with Crippen LogP contribution in [0.4, 0.5) is 4.79 Å². The number of fused-ring (bicyclic) bond motifs is 1. The summed E-state index contributed by atoms with van der Waals surface area (Å²) >= 11 is 0. The number of ether oxygens (including phenoxy) is 2. The van der Waals surface area contributed by atoms with Gasteiger partial charge in [0.2, 0.25) is 5.88 Å². The normalized spacial score (nSPS) is 14.7. The average molecular weight is 431 g/mol. The number of rotatable bonds is 5. The van der Waals surface area contributed by atoms with Gasteiger partial charge in [0.25, 0.3) is 0 Å². The molecule has 3 aromatic rings. The number of hydrogen-bond acceptors (Lipinski definition) is 8. The minimum absolute atomic E-state index is 0.170. The van der Waals surface area contributed by atoms with E-state index in [9.17, 15) is 13.2 Å². The molecule has 4 rings (SSSR count). The average Bonchev–Trinajstić information content (AvgIpc) is 3.08. The zero-order valence-electron chi connectivity index (χ0n) is 16.7. The van der Waals surface area contributed by atoms with Crippen LogP contribution in [0.1, 0.15) is 13.8 Å². The van der Waals surface area contributed by atoms with E-state index < -0.39 is 9.84 Å². The Bertz CT molecular complexity index is 1180. The van der Waals surface area contributed by atoms with Crippen LogP contribution in [0.15, 0.2) is 41.7 Å². The largest absolute Gasteiger partial charge is 0.470 e. The van der Waals surface area contributed by atoms with Crippen LogP contribution < -0.4 is 4.74 Å². The van der Waals surface area contributed by atoms with E-state index in [2.05, 4.69) is 15.1 Å². The number of benzene rings is 1. The molecule has 1 saturated heterocycles. The van der Waals surface area contributed by atoms with Crippen LogP contribution in [0.25, 0.3) is 16.7 Å². The van der Waals surface area contributed by atoms with Crippen molar-refractivity contribution in [3.63, 3.8) is 0 Å². The van der Waals surface area contributed by atoms with Gasteiger partial charge in [0.05, 0.1) is 36.0 Å². The third kappa shape index (κ3) is 3.92. The minimum Gasteiger partial charge on any atom is -0.470 e. The molecule has 1 aromatic carbocycles. The van der Waals surface area contributed by atoms with Gasteiger partial charge in [0, 0.05) is 6.26 Å². The van der Waals surface area contributed by atoms with Crippen LogP contribution >= 0.6 is 0 Å². The monoisotopic (exact) mass is 431 g/mol. The highest BCUT2D eigenvalue weighted by Gasteiger charge is 2.34. The third-order valence-electron chi connectivity index (χ3n) is 4.56. The SMILES string of the molecule is CC(C)OC(=O)N1CC(Oc2ncnc3c2cnn3-c2ccc(S(C)(=O)=O)cc2)C1. The van der Waals surface area contributed by atoms with Crippen molar-refractivity contribution in [2.45, 2.75) is 31.0 Å². The molecule has 1 aliphatic rings. The van der Waals surface area contributed by atoms with Gasteiger partial charge in [-0.1, -0.05) is 0 Å². The smallest absolute Gasteiger partial charge is 0.410 e. The fraction of sp³-hybridized carbons (Fsp3) is 0.368. The zero-order chi connectivity index (χ0) is 21.5. The lowest BCUT2D eigenvalue weighted by Gasteiger charge is -2.38. The summed E-state index contributed by atoms with van der Waals surface area (Å²) in [5.74, 6) is 0.376. The number of carbonyl (C=O) groups excluding carboxylic acids is 1. The number of amides is 1. The first-order valence-corrected chi connectivity index (χ1v) is 11.2. The van der Waals surface area contributed by atoms with Gasteiger partial charge in [-0.3, -0.25) is 0 Å². The maximum Gasteiger partial charge on any atom is 0.410 e. The molecule has 2 aromatic heterocycles. The number of likely N-dealkylation sites (tertiary alicyclic amines) is 1. The predicted molar refractivity (Wildman–Crippen MR) is 107 cm³/mol. The molecule has 30 heavy (non-hydrogen) atoms. The number of carbonyl (C=O) groups is 1. The maximum absolute atomic E-state index is 11.9. The fourth-order valence-electron chi connectivity index (χ4n) is 3.04. The molecule has 0 saturated carbocycles. The molecule has 0 N–H and O–H groups in total.